The quantitative estimate of drug-likeness (QED) is 0.0130. The molecule has 0 atom stereocenters. The summed E-state index contributed by atoms with van der Waals surface area (Å²) in [6, 6.07) is 1.72. The molecule has 0 rings (SSSR count). The molecule has 0 saturated carbocycles. The molecule has 69 heavy (non-hydrogen) atoms. The molecule has 4 N–H and O–H groups in total. The standard InChI is InChI=1S/C26H47N3O10Si.C12H29NO4Si.C7H9NO3/c1-8-38-40(7,39-9-2)20-10-13-29(14-18-36-25(32)27-11-16-34-23(30)21(3)4)15-19-37-26(33)28-12-17-35-24(31)22(5)6;1-4-16-18(3,17-5-2)12-6-7-13(8-10-14)9-11-15;1-6(2)7(10)11-4-3-8-5-9/h3,5,8-20H2,1-2,4,6-7H3,(H,27,32)(H,28,33);14-15H,4-12H2,1-3H3;1,3-4H2,2H3. The summed E-state index contributed by atoms with van der Waals surface area (Å²) < 4.78 is 48.2. The molecule has 0 fully saturated rings. The number of alkyl carbamates (subject to hydrolysis) is 2. The van der Waals surface area contributed by atoms with E-state index in [-0.39, 0.29) is 77.0 Å². The molecule has 400 valence electrons. The monoisotopic (exact) mass is 1020 g/mol. The van der Waals surface area contributed by atoms with Gasteiger partial charge in [-0.3, -0.25) is 9.80 Å². The molecular weight excluding hydrogens is 939 g/mol. The Morgan fingerprint density at radius 1 is 0.536 bits per heavy atom. The van der Waals surface area contributed by atoms with Gasteiger partial charge in [-0.25, -0.2) is 33.8 Å². The van der Waals surface area contributed by atoms with E-state index in [1.165, 1.54) is 19.9 Å². The van der Waals surface area contributed by atoms with Crippen molar-refractivity contribution >= 4 is 53.3 Å². The van der Waals surface area contributed by atoms with Gasteiger partial charge in [0.15, 0.2) is 0 Å². The van der Waals surface area contributed by atoms with Gasteiger partial charge in [0.25, 0.3) is 0 Å². The predicted octanol–water partition coefficient (Wildman–Crippen LogP) is 3.76. The first-order valence-electron chi connectivity index (χ1n) is 23.3. The number of carbonyl (C=O) groups is 5. The Morgan fingerprint density at radius 3 is 1.17 bits per heavy atom. The third-order valence-corrected chi connectivity index (χ3v) is 15.0. The van der Waals surface area contributed by atoms with Crippen molar-refractivity contribution in [2.75, 3.05) is 132 Å². The first kappa shape index (κ1) is 68.9. The molecule has 0 heterocycles. The minimum Gasteiger partial charge on any atom is -0.460 e. The minimum absolute atomic E-state index is 0.00493. The molecule has 22 nitrogen and oxygen atoms in total. The number of esters is 3. The van der Waals surface area contributed by atoms with Crippen molar-refractivity contribution < 1.29 is 80.4 Å². The number of nitrogens with one attached hydrogen (secondary N) is 2. The smallest absolute Gasteiger partial charge is 0.407 e. The summed E-state index contributed by atoms with van der Waals surface area (Å²) in [5.74, 6) is -1.52. The summed E-state index contributed by atoms with van der Waals surface area (Å²) in [5, 5.41) is 22.9. The molecule has 0 radical (unpaired) electrons. The Kier molecular flexibility index (Phi) is 44.8. The second-order valence-electron chi connectivity index (χ2n) is 15.2. The number of aliphatic hydroxyl groups excluding tert-OH is 2. The van der Waals surface area contributed by atoms with Gasteiger partial charge in [0, 0.05) is 69.3 Å². The van der Waals surface area contributed by atoms with Gasteiger partial charge in [-0.05, 0) is 99.6 Å². The second kappa shape index (κ2) is 44.8. The number of aliphatic hydroxyl groups is 2. The maximum atomic E-state index is 11.9. The number of carbonyl (C=O) groups excluding carboxylic acids is 6. The van der Waals surface area contributed by atoms with Gasteiger partial charge in [0.05, 0.1) is 32.8 Å². The molecule has 0 aliphatic rings. The SMILES string of the molecule is C=C(C)C(=O)OCCN=C=O.C=C(C)C(=O)OCCNC(=O)OCCN(CCC[Si](C)(OCC)OCC)CCOC(=O)NCCOC(=O)C(=C)C.CCO[Si](C)(CCCN(CCO)CCO)OCC. The molecule has 0 spiro atoms. The summed E-state index contributed by atoms with van der Waals surface area (Å²) in [4.78, 5) is 74.1. The van der Waals surface area contributed by atoms with Crippen molar-refractivity contribution in [3.05, 3.63) is 36.5 Å². The molecule has 0 aromatic carbocycles. The fourth-order valence-electron chi connectivity index (χ4n) is 5.62. The number of aliphatic imine (C=N–C) groups is 1. The topological polar surface area (TPSA) is 269 Å². The number of rotatable bonds is 38. The number of hydrogen-bond donors (Lipinski definition) is 4. The number of hydrogen-bond acceptors (Lipinski definition) is 20. The van der Waals surface area contributed by atoms with E-state index in [4.69, 9.17) is 46.9 Å². The summed E-state index contributed by atoms with van der Waals surface area (Å²) >= 11 is 0. The lowest BCUT2D eigenvalue weighted by molar-refractivity contribution is -0.139. The van der Waals surface area contributed by atoms with Crippen molar-refractivity contribution in [2.24, 2.45) is 4.99 Å². The van der Waals surface area contributed by atoms with E-state index < -0.39 is 47.2 Å². The molecule has 24 heteroatoms. The van der Waals surface area contributed by atoms with E-state index in [0.29, 0.717) is 64.7 Å². The van der Waals surface area contributed by atoms with Crippen molar-refractivity contribution in [1.82, 2.24) is 20.4 Å². The van der Waals surface area contributed by atoms with Crippen LogP contribution in [0.5, 0.6) is 0 Å². The van der Waals surface area contributed by atoms with Gasteiger partial charge < -0.3 is 62.2 Å². The van der Waals surface area contributed by atoms with Crippen molar-refractivity contribution in [2.45, 2.75) is 86.5 Å². The maximum absolute atomic E-state index is 11.9. The highest BCUT2D eigenvalue weighted by Gasteiger charge is 2.31. The van der Waals surface area contributed by atoms with Crippen LogP contribution in [0.15, 0.2) is 41.4 Å². The zero-order valence-corrected chi connectivity index (χ0v) is 45.0. The number of ether oxygens (including phenoxy) is 5. The highest BCUT2D eigenvalue weighted by atomic mass is 28.4. The van der Waals surface area contributed by atoms with Gasteiger partial charge in [-0.1, -0.05) is 19.7 Å². The first-order valence-corrected chi connectivity index (χ1v) is 28.3. The molecule has 0 saturated heterocycles. The van der Waals surface area contributed by atoms with Crippen molar-refractivity contribution in [3.63, 3.8) is 0 Å². The lowest BCUT2D eigenvalue weighted by Gasteiger charge is -2.28. The van der Waals surface area contributed by atoms with Crippen LogP contribution in [-0.2, 0) is 60.6 Å². The minimum atomic E-state index is -2.28. The van der Waals surface area contributed by atoms with Crippen LogP contribution in [0.2, 0.25) is 25.2 Å². The van der Waals surface area contributed by atoms with Crippen molar-refractivity contribution in [3.8, 4) is 0 Å². The summed E-state index contributed by atoms with van der Waals surface area (Å²) in [7, 11) is -4.30. The average Bonchev–Trinajstić information content (AvgIpc) is 3.28. The van der Waals surface area contributed by atoms with Gasteiger partial charge in [-0.2, -0.15) is 0 Å². The third kappa shape index (κ3) is 42.3. The van der Waals surface area contributed by atoms with E-state index in [1.807, 2.05) is 39.1 Å². The van der Waals surface area contributed by atoms with Crippen LogP contribution in [-0.4, -0.2) is 205 Å². The van der Waals surface area contributed by atoms with Gasteiger partial charge in [0.1, 0.15) is 33.0 Å². The molecule has 0 aliphatic heterocycles. The third-order valence-electron chi connectivity index (χ3n) is 8.88. The van der Waals surface area contributed by atoms with Crippen LogP contribution in [0.25, 0.3) is 0 Å². The maximum Gasteiger partial charge on any atom is 0.407 e. The number of isocyanates is 1. The highest BCUT2D eigenvalue weighted by Crippen LogP contribution is 2.17. The lowest BCUT2D eigenvalue weighted by atomic mass is 10.4. The fraction of sp³-hybridized carbons (Fsp3) is 0.733. The second-order valence-corrected chi connectivity index (χ2v) is 21.9. The van der Waals surface area contributed by atoms with E-state index in [9.17, 15) is 28.8 Å². The van der Waals surface area contributed by atoms with Crippen LogP contribution >= 0.6 is 0 Å². The fourth-order valence-corrected chi connectivity index (χ4v) is 10.4. The molecule has 2 amide bonds. The van der Waals surface area contributed by atoms with E-state index in [2.05, 4.69) is 51.5 Å². The normalized spacial score (nSPS) is 10.9. The molecule has 0 aliphatic carbocycles. The van der Waals surface area contributed by atoms with E-state index >= 15 is 0 Å². The zero-order chi connectivity index (χ0) is 52.9. The molecule has 0 unspecified atom stereocenters. The average molecular weight is 1020 g/mol. The Bertz CT molecular complexity index is 1450. The van der Waals surface area contributed by atoms with E-state index in [1.54, 1.807) is 6.92 Å². The Balaban J connectivity index is -0.00000122. The van der Waals surface area contributed by atoms with Crippen LogP contribution < -0.4 is 10.6 Å². The molecule has 0 bridgehead atoms. The predicted molar refractivity (Wildman–Crippen MR) is 265 cm³/mol. The Hall–Kier alpha value is -4.34. The number of nitrogens with zero attached hydrogens (tertiary/aromatic N) is 3. The summed E-state index contributed by atoms with van der Waals surface area (Å²) in [6.45, 7) is 34.0. The summed E-state index contributed by atoms with van der Waals surface area (Å²) in [5.41, 5.74) is 0.887. The van der Waals surface area contributed by atoms with Gasteiger partial charge in [-0.15, -0.1) is 0 Å². The number of amides is 2. The zero-order valence-electron chi connectivity index (χ0n) is 43.0. The van der Waals surface area contributed by atoms with Gasteiger partial charge in [0.2, 0.25) is 6.08 Å². The molecule has 0 aromatic rings. The van der Waals surface area contributed by atoms with E-state index in [0.717, 1.165) is 31.5 Å². The largest absolute Gasteiger partial charge is 0.460 e. The van der Waals surface area contributed by atoms with Crippen LogP contribution in [0.4, 0.5) is 9.59 Å². The van der Waals surface area contributed by atoms with Gasteiger partial charge >= 0.3 is 47.2 Å². The van der Waals surface area contributed by atoms with Crippen LogP contribution in [0, 0.1) is 0 Å². The Morgan fingerprint density at radius 2 is 0.870 bits per heavy atom. The van der Waals surface area contributed by atoms with Crippen LogP contribution in [0.3, 0.4) is 0 Å². The van der Waals surface area contributed by atoms with Crippen LogP contribution in [0.1, 0.15) is 61.3 Å². The van der Waals surface area contributed by atoms with Crippen molar-refractivity contribution in [1.29, 1.82) is 0 Å². The molecule has 0 aromatic heterocycles. The molecular formula is C45H85N5O17Si2. The lowest BCUT2D eigenvalue weighted by Crippen LogP contribution is -2.40. The summed E-state index contributed by atoms with van der Waals surface area (Å²) in [6.07, 6.45) is 1.81. The first-order chi connectivity index (χ1) is 32.7. The highest BCUT2D eigenvalue weighted by molar-refractivity contribution is 6.66. The Labute approximate surface area is 412 Å².